The van der Waals surface area contributed by atoms with Crippen molar-refractivity contribution < 1.29 is 36.7 Å². The van der Waals surface area contributed by atoms with E-state index < -0.39 is 41.7 Å². The van der Waals surface area contributed by atoms with Crippen LogP contribution < -0.4 is 5.32 Å². The Hall–Kier alpha value is -1.49. The molecular weight excluding hydrogens is 330 g/mol. The number of hydrogen-bond acceptors (Lipinski definition) is 8. The number of fused-ring (bicyclic) bond motifs is 2. The summed E-state index contributed by atoms with van der Waals surface area (Å²) in [7, 11) is 0. The van der Waals surface area contributed by atoms with Gasteiger partial charge >= 0.3 is 12.1 Å². The lowest BCUT2D eigenvalue weighted by Crippen LogP contribution is -2.44. The molecule has 9 nitrogen and oxygen atoms in total. The Morgan fingerprint density at radius 1 is 1.35 bits per heavy atom. The van der Waals surface area contributed by atoms with Crippen LogP contribution in [-0.4, -0.2) is 58.4 Å². The van der Waals surface area contributed by atoms with Gasteiger partial charge in [0.25, 0.3) is 0 Å². The third kappa shape index (κ3) is 4.74. The van der Waals surface area contributed by atoms with Crippen LogP contribution in [0.3, 0.4) is 0 Å². The van der Waals surface area contributed by atoms with Gasteiger partial charge in [0.15, 0.2) is 6.10 Å². The second-order valence-corrected chi connectivity index (χ2v) is 5.87. The smallest absolute Gasteiger partial charge is 0.407 e. The fourth-order valence-corrected chi connectivity index (χ4v) is 2.95. The third-order valence-corrected chi connectivity index (χ3v) is 3.91. The molecule has 5 unspecified atom stereocenters. The Morgan fingerprint density at radius 3 is 2.61 bits per heavy atom. The van der Waals surface area contributed by atoms with Crippen molar-refractivity contribution >= 4 is 23.4 Å². The number of amides is 1. The van der Waals surface area contributed by atoms with Gasteiger partial charge in [-0.3, -0.25) is 4.18 Å². The number of ether oxygens (including phenoxy) is 3. The highest BCUT2D eigenvalue weighted by Crippen LogP contribution is 2.38. The van der Waals surface area contributed by atoms with E-state index in [0.717, 1.165) is 0 Å². The molecule has 2 aliphatic heterocycles. The Morgan fingerprint density at radius 2 is 2.00 bits per heavy atom. The van der Waals surface area contributed by atoms with Crippen molar-refractivity contribution in [3.05, 3.63) is 12.2 Å². The van der Waals surface area contributed by atoms with E-state index in [4.69, 9.17) is 18.4 Å². The van der Waals surface area contributed by atoms with Gasteiger partial charge in [-0.1, -0.05) is 6.58 Å². The largest absolute Gasteiger partial charge is 0.750 e. The minimum atomic E-state index is -2.72. The molecule has 0 spiro atoms. The monoisotopic (exact) mass is 348 g/mol. The normalized spacial score (nSPS) is 29.8. The maximum Gasteiger partial charge on any atom is 0.407 e. The molecule has 0 aromatic rings. The van der Waals surface area contributed by atoms with E-state index in [-0.39, 0.29) is 24.8 Å². The molecule has 2 rings (SSSR count). The van der Waals surface area contributed by atoms with Crippen molar-refractivity contribution in [3.8, 4) is 0 Å². The summed E-state index contributed by atoms with van der Waals surface area (Å²) in [4.78, 5) is 22.9. The van der Waals surface area contributed by atoms with Gasteiger partial charge in [-0.15, -0.1) is 0 Å². The Labute approximate surface area is 135 Å². The molecule has 0 aromatic heterocycles. The molecule has 1 amide bonds. The zero-order chi connectivity index (χ0) is 17.0. The molecule has 2 aliphatic rings. The number of carbonyl (C=O) groups is 2. The minimum Gasteiger partial charge on any atom is -0.750 e. The first-order valence-electron chi connectivity index (χ1n) is 7.07. The summed E-state index contributed by atoms with van der Waals surface area (Å²) in [5.41, 5.74) is 0.261. The second kappa shape index (κ2) is 7.86. The van der Waals surface area contributed by atoms with Crippen LogP contribution in [-0.2, 0) is 34.5 Å². The van der Waals surface area contributed by atoms with Crippen LogP contribution in [0, 0.1) is 0 Å². The van der Waals surface area contributed by atoms with Crippen molar-refractivity contribution in [2.45, 2.75) is 44.2 Å². The molecule has 2 fully saturated rings. The van der Waals surface area contributed by atoms with Gasteiger partial charge in [0.1, 0.15) is 12.7 Å². The van der Waals surface area contributed by atoms with E-state index >= 15 is 0 Å². The number of carbonyl (C=O) groups excluding carboxylic acids is 2. The summed E-state index contributed by atoms with van der Waals surface area (Å²) in [6, 6.07) is 0. The van der Waals surface area contributed by atoms with Gasteiger partial charge < -0.3 is 24.1 Å². The number of rotatable bonds is 7. The summed E-state index contributed by atoms with van der Waals surface area (Å²) >= 11 is -2.72. The first kappa shape index (κ1) is 17.9. The Balaban J connectivity index is 1.74. The Bertz CT molecular complexity index is 510. The van der Waals surface area contributed by atoms with Crippen molar-refractivity contribution in [2.24, 2.45) is 0 Å². The molecular formula is C13H18NO8S-. The van der Waals surface area contributed by atoms with Gasteiger partial charge in [0, 0.05) is 5.57 Å². The fourth-order valence-electron chi connectivity index (χ4n) is 2.53. The summed E-state index contributed by atoms with van der Waals surface area (Å²) in [6.45, 7) is 4.96. The van der Waals surface area contributed by atoms with Gasteiger partial charge in [0.05, 0.1) is 30.1 Å². The van der Waals surface area contributed by atoms with Crippen LogP contribution in [0.1, 0.15) is 19.8 Å². The lowest BCUT2D eigenvalue weighted by atomic mass is 9.95. The molecule has 0 saturated carbocycles. The molecule has 0 aromatic carbocycles. The van der Waals surface area contributed by atoms with E-state index in [2.05, 4.69) is 11.9 Å². The van der Waals surface area contributed by atoms with Gasteiger partial charge in [-0.05, 0) is 19.8 Å². The van der Waals surface area contributed by atoms with Crippen LogP contribution in [0.15, 0.2) is 12.2 Å². The van der Waals surface area contributed by atoms with Gasteiger partial charge in [-0.25, -0.2) is 13.8 Å². The predicted octanol–water partition coefficient (Wildman–Crippen LogP) is -0.0590. The summed E-state index contributed by atoms with van der Waals surface area (Å²) in [6.07, 6.45) is -1.83. The molecule has 5 atom stereocenters. The van der Waals surface area contributed by atoms with E-state index in [1.807, 2.05) is 0 Å². The van der Waals surface area contributed by atoms with Crippen LogP contribution in [0.2, 0.25) is 0 Å². The predicted molar refractivity (Wildman–Crippen MR) is 75.7 cm³/mol. The summed E-state index contributed by atoms with van der Waals surface area (Å²) < 4.78 is 41.6. The maximum absolute atomic E-state index is 11.7. The molecule has 23 heavy (non-hydrogen) atoms. The average molecular weight is 348 g/mol. The lowest BCUT2D eigenvalue weighted by Gasteiger charge is -2.27. The fraction of sp³-hybridized carbons (Fsp3) is 0.692. The van der Waals surface area contributed by atoms with E-state index in [1.54, 1.807) is 0 Å². The average Bonchev–Trinajstić information content (AvgIpc) is 3.06. The standard InChI is InChI=1S/C13H19NO8S/c1-7(2)12(15)19-6-5-14-13(16)21-10-8-3-4-9(20-8)11(10)22-23(17)18/h8-11H,1,3-6H2,2H3,(H,14,16)(H,17,18)/p-1. The molecule has 2 saturated heterocycles. The summed E-state index contributed by atoms with van der Waals surface area (Å²) in [5, 5.41) is 2.40. The topological polar surface area (TPSA) is 123 Å². The number of hydrogen-bond donors (Lipinski definition) is 1. The quantitative estimate of drug-likeness (QED) is 0.294. The number of esters is 1. The second-order valence-electron chi connectivity index (χ2n) is 5.27. The van der Waals surface area contributed by atoms with E-state index in [9.17, 15) is 18.4 Å². The SMILES string of the molecule is C=C(C)C(=O)OCCNC(=O)OC1C2CCC(O2)C1OS(=O)[O-]. The molecule has 2 heterocycles. The van der Waals surface area contributed by atoms with Gasteiger partial charge in [-0.2, -0.15) is 0 Å². The van der Waals surface area contributed by atoms with Crippen LogP contribution in [0.4, 0.5) is 4.79 Å². The molecule has 0 aliphatic carbocycles. The zero-order valence-electron chi connectivity index (χ0n) is 12.5. The highest BCUT2D eigenvalue weighted by atomic mass is 32.2. The third-order valence-electron chi connectivity index (χ3n) is 3.53. The van der Waals surface area contributed by atoms with Crippen molar-refractivity contribution in [1.29, 1.82) is 0 Å². The van der Waals surface area contributed by atoms with Crippen LogP contribution in [0.5, 0.6) is 0 Å². The highest BCUT2D eigenvalue weighted by molar-refractivity contribution is 7.74. The van der Waals surface area contributed by atoms with Gasteiger partial charge in [0.2, 0.25) is 0 Å². The first-order valence-corrected chi connectivity index (χ1v) is 8.07. The minimum absolute atomic E-state index is 0.0292. The lowest BCUT2D eigenvalue weighted by molar-refractivity contribution is -0.138. The van der Waals surface area contributed by atoms with Crippen molar-refractivity contribution in [2.75, 3.05) is 13.2 Å². The maximum atomic E-state index is 11.7. The van der Waals surface area contributed by atoms with Crippen molar-refractivity contribution in [1.82, 2.24) is 5.32 Å². The zero-order valence-corrected chi connectivity index (χ0v) is 13.3. The van der Waals surface area contributed by atoms with E-state index in [1.165, 1.54) is 6.92 Å². The van der Waals surface area contributed by atoms with Crippen molar-refractivity contribution in [3.63, 3.8) is 0 Å². The molecule has 0 radical (unpaired) electrons. The Kier molecular flexibility index (Phi) is 6.10. The number of nitrogens with one attached hydrogen (secondary N) is 1. The molecule has 130 valence electrons. The first-order chi connectivity index (χ1) is 10.9. The van der Waals surface area contributed by atoms with Crippen LogP contribution in [0.25, 0.3) is 0 Å². The molecule has 10 heteroatoms. The summed E-state index contributed by atoms with van der Waals surface area (Å²) in [5.74, 6) is -0.548. The van der Waals surface area contributed by atoms with Crippen LogP contribution >= 0.6 is 0 Å². The highest BCUT2D eigenvalue weighted by Gasteiger charge is 2.52. The molecule has 2 bridgehead atoms. The molecule has 1 N–H and O–H groups in total. The van der Waals surface area contributed by atoms with E-state index in [0.29, 0.717) is 12.8 Å². The number of alkyl carbamates (subject to hydrolysis) is 1.